The van der Waals surface area contributed by atoms with E-state index < -0.39 is 6.04 Å². The Bertz CT molecular complexity index is 508. The monoisotopic (exact) mass is 292 g/mol. The van der Waals surface area contributed by atoms with Gasteiger partial charge in [-0.1, -0.05) is 0 Å². The highest BCUT2D eigenvalue weighted by Gasteiger charge is 2.23. The first-order valence-electron chi connectivity index (χ1n) is 6.95. The molecular formula is C15H20N2O4. The lowest BCUT2D eigenvalue weighted by Crippen LogP contribution is -2.45. The molecule has 1 aromatic carbocycles. The number of ether oxygens (including phenoxy) is 2. The van der Waals surface area contributed by atoms with E-state index in [2.05, 4.69) is 10.6 Å². The van der Waals surface area contributed by atoms with Gasteiger partial charge in [-0.05, 0) is 31.4 Å². The third kappa shape index (κ3) is 3.87. The summed E-state index contributed by atoms with van der Waals surface area (Å²) < 4.78 is 10.3. The molecule has 1 atom stereocenters. The number of nitrogens with one attached hydrogen (secondary N) is 2. The number of hydrogen-bond donors (Lipinski definition) is 2. The first-order chi connectivity index (χ1) is 10.1. The van der Waals surface area contributed by atoms with E-state index in [0.717, 1.165) is 12.8 Å². The van der Waals surface area contributed by atoms with Crippen molar-refractivity contribution in [3.05, 3.63) is 23.8 Å². The first kappa shape index (κ1) is 15.2. The summed E-state index contributed by atoms with van der Waals surface area (Å²) in [5.74, 6) is 0.625. The Morgan fingerprint density at radius 2 is 1.86 bits per heavy atom. The van der Waals surface area contributed by atoms with Crippen molar-refractivity contribution in [3.63, 3.8) is 0 Å². The maximum Gasteiger partial charge on any atom is 0.252 e. The molecule has 2 N–H and O–H groups in total. The molecule has 0 aliphatic carbocycles. The predicted octanol–water partition coefficient (Wildman–Crippen LogP) is 1.10. The number of benzene rings is 1. The topological polar surface area (TPSA) is 76.7 Å². The summed E-state index contributed by atoms with van der Waals surface area (Å²) in [5.41, 5.74) is 0.406. The lowest BCUT2D eigenvalue weighted by Gasteiger charge is -2.16. The van der Waals surface area contributed by atoms with Crippen LogP contribution in [0.15, 0.2) is 18.2 Å². The van der Waals surface area contributed by atoms with Gasteiger partial charge < -0.3 is 20.1 Å². The molecule has 1 aliphatic rings. The lowest BCUT2D eigenvalue weighted by molar-refractivity contribution is -0.122. The molecule has 0 unspecified atom stereocenters. The zero-order valence-corrected chi connectivity index (χ0v) is 12.3. The van der Waals surface area contributed by atoms with Crippen LogP contribution in [0.3, 0.4) is 0 Å². The van der Waals surface area contributed by atoms with E-state index in [0.29, 0.717) is 30.0 Å². The second kappa shape index (κ2) is 6.97. The van der Waals surface area contributed by atoms with Gasteiger partial charge >= 0.3 is 0 Å². The number of hydrogen-bond acceptors (Lipinski definition) is 4. The van der Waals surface area contributed by atoms with Crippen LogP contribution >= 0.6 is 0 Å². The number of carbonyl (C=O) groups excluding carboxylic acids is 2. The lowest BCUT2D eigenvalue weighted by atomic mass is 10.1. The minimum Gasteiger partial charge on any atom is -0.497 e. The van der Waals surface area contributed by atoms with Crippen LogP contribution in [0.5, 0.6) is 11.5 Å². The summed E-state index contributed by atoms with van der Waals surface area (Å²) in [6.45, 7) is 0.665. The van der Waals surface area contributed by atoms with E-state index in [1.807, 2.05) is 0 Å². The zero-order chi connectivity index (χ0) is 15.2. The van der Waals surface area contributed by atoms with Crippen molar-refractivity contribution in [1.82, 2.24) is 10.6 Å². The van der Waals surface area contributed by atoms with Crippen molar-refractivity contribution >= 4 is 11.8 Å². The third-order valence-electron chi connectivity index (χ3n) is 3.45. The highest BCUT2D eigenvalue weighted by atomic mass is 16.5. The van der Waals surface area contributed by atoms with E-state index in [4.69, 9.17) is 9.47 Å². The molecule has 21 heavy (non-hydrogen) atoms. The van der Waals surface area contributed by atoms with Crippen LogP contribution in [0.25, 0.3) is 0 Å². The van der Waals surface area contributed by atoms with Crippen LogP contribution in [0.1, 0.15) is 29.6 Å². The van der Waals surface area contributed by atoms with Gasteiger partial charge in [0.25, 0.3) is 5.91 Å². The molecule has 6 nitrogen and oxygen atoms in total. The summed E-state index contributed by atoms with van der Waals surface area (Å²) >= 11 is 0. The van der Waals surface area contributed by atoms with E-state index in [9.17, 15) is 9.59 Å². The Hall–Kier alpha value is -2.24. The summed E-state index contributed by atoms with van der Waals surface area (Å²) in [7, 11) is 3.05. The van der Waals surface area contributed by atoms with Crippen molar-refractivity contribution in [3.8, 4) is 11.5 Å². The van der Waals surface area contributed by atoms with E-state index in [1.54, 1.807) is 18.2 Å². The number of carbonyl (C=O) groups is 2. The second-order valence-electron chi connectivity index (χ2n) is 4.91. The molecule has 6 heteroatoms. The number of methoxy groups -OCH3 is 2. The zero-order valence-electron chi connectivity index (χ0n) is 12.3. The molecule has 2 amide bonds. The average Bonchev–Trinajstić information content (AvgIpc) is 2.71. The summed E-state index contributed by atoms with van der Waals surface area (Å²) in [6, 6.07) is 4.44. The van der Waals surface area contributed by atoms with Gasteiger partial charge in [0.05, 0.1) is 14.2 Å². The van der Waals surface area contributed by atoms with Crippen LogP contribution in [0, 0.1) is 0 Å². The summed E-state index contributed by atoms with van der Waals surface area (Å²) in [6.07, 6.45) is 2.49. The molecule has 2 rings (SSSR count). The van der Waals surface area contributed by atoms with Gasteiger partial charge in [-0.25, -0.2) is 0 Å². The van der Waals surface area contributed by atoms with Crippen molar-refractivity contribution in [2.24, 2.45) is 0 Å². The maximum atomic E-state index is 12.3. The van der Waals surface area contributed by atoms with Crippen molar-refractivity contribution in [2.45, 2.75) is 25.3 Å². The smallest absolute Gasteiger partial charge is 0.252 e. The molecule has 0 spiro atoms. The molecule has 0 aromatic heterocycles. The predicted molar refractivity (Wildman–Crippen MR) is 77.7 cm³/mol. The van der Waals surface area contributed by atoms with Crippen LogP contribution < -0.4 is 20.1 Å². The van der Waals surface area contributed by atoms with E-state index >= 15 is 0 Å². The van der Waals surface area contributed by atoms with Crippen molar-refractivity contribution < 1.29 is 19.1 Å². The average molecular weight is 292 g/mol. The molecule has 1 saturated heterocycles. The van der Waals surface area contributed by atoms with Crippen LogP contribution in [0.2, 0.25) is 0 Å². The maximum absolute atomic E-state index is 12.3. The minimum absolute atomic E-state index is 0.129. The van der Waals surface area contributed by atoms with Gasteiger partial charge in [0.2, 0.25) is 5.91 Å². The Morgan fingerprint density at radius 1 is 1.19 bits per heavy atom. The molecular weight excluding hydrogens is 272 g/mol. The van der Waals surface area contributed by atoms with Gasteiger partial charge in [0, 0.05) is 18.2 Å². The molecule has 0 radical (unpaired) electrons. The highest BCUT2D eigenvalue weighted by molar-refractivity contribution is 5.98. The SMILES string of the molecule is COc1cc(OC)cc(C(=O)N[C@H]2CCCCNC2=O)c1. The van der Waals surface area contributed by atoms with E-state index in [-0.39, 0.29) is 11.8 Å². The minimum atomic E-state index is -0.489. The molecule has 1 aromatic rings. The fraction of sp³-hybridized carbons (Fsp3) is 0.467. The molecule has 0 saturated carbocycles. The summed E-state index contributed by atoms with van der Waals surface area (Å²) in [5, 5.41) is 5.56. The van der Waals surface area contributed by atoms with E-state index in [1.165, 1.54) is 14.2 Å². The van der Waals surface area contributed by atoms with Gasteiger partial charge in [0.15, 0.2) is 0 Å². The molecule has 114 valence electrons. The van der Waals surface area contributed by atoms with Crippen molar-refractivity contribution in [1.29, 1.82) is 0 Å². The van der Waals surface area contributed by atoms with Crippen molar-refractivity contribution in [2.75, 3.05) is 20.8 Å². The Morgan fingerprint density at radius 3 is 2.48 bits per heavy atom. The molecule has 0 bridgehead atoms. The summed E-state index contributed by atoms with van der Waals surface area (Å²) in [4.78, 5) is 24.2. The Labute approximate surface area is 123 Å². The van der Waals surface area contributed by atoms with Gasteiger partial charge in [0.1, 0.15) is 17.5 Å². The number of amides is 2. The molecule has 1 aliphatic heterocycles. The second-order valence-corrected chi connectivity index (χ2v) is 4.91. The van der Waals surface area contributed by atoms with Crippen LogP contribution in [0.4, 0.5) is 0 Å². The highest BCUT2D eigenvalue weighted by Crippen LogP contribution is 2.22. The van der Waals surface area contributed by atoms with Crippen LogP contribution in [-0.4, -0.2) is 38.6 Å². The third-order valence-corrected chi connectivity index (χ3v) is 3.45. The van der Waals surface area contributed by atoms with Gasteiger partial charge in [-0.15, -0.1) is 0 Å². The normalized spacial score (nSPS) is 18.4. The standard InChI is InChI=1S/C15H20N2O4/c1-20-11-7-10(8-12(9-11)21-2)14(18)17-13-5-3-4-6-16-15(13)19/h7-9,13H,3-6H2,1-2H3,(H,16,19)(H,17,18)/t13-/m0/s1. The Kier molecular flexibility index (Phi) is 5.03. The largest absolute Gasteiger partial charge is 0.497 e. The fourth-order valence-electron chi connectivity index (χ4n) is 2.26. The number of rotatable bonds is 4. The molecule has 1 heterocycles. The van der Waals surface area contributed by atoms with Crippen LogP contribution in [-0.2, 0) is 4.79 Å². The Balaban J connectivity index is 2.13. The quantitative estimate of drug-likeness (QED) is 0.871. The molecule has 1 fully saturated rings. The van der Waals surface area contributed by atoms with Gasteiger partial charge in [-0.3, -0.25) is 9.59 Å². The van der Waals surface area contributed by atoms with Gasteiger partial charge in [-0.2, -0.15) is 0 Å². The first-order valence-corrected chi connectivity index (χ1v) is 6.95. The fourth-order valence-corrected chi connectivity index (χ4v) is 2.26.